The molecule has 0 saturated carbocycles. The van der Waals surface area contributed by atoms with Crippen molar-refractivity contribution in [2.75, 3.05) is 18.6 Å². The number of fused-ring (bicyclic) bond motifs is 1. The molecule has 1 aromatic heterocycles. The highest BCUT2D eigenvalue weighted by molar-refractivity contribution is 7.80. The van der Waals surface area contributed by atoms with Crippen LogP contribution in [0, 0.1) is 0 Å². The Morgan fingerprint density at radius 1 is 0.973 bits per heavy atom. The van der Waals surface area contributed by atoms with Gasteiger partial charge in [-0.3, -0.25) is 9.69 Å². The summed E-state index contributed by atoms with van der Waals surface area (Å²) >= 11 is 12.2. The molecule has 0 aliphatic carbocycles. The van der Waals surface area contributed by atoms with Crippen molar-refractivity contribution in [3.05, 3.63) is 100 Å². The monoisotopic (exact) mass is 529 g/mol. The average Bonchev–Trinajstić information content (AvgIpc) is 3.36. The van der Waals surface area contributed by atoms with Crippen LogP contribution < -0.4 is 9.64 Å². The van der Waals surface area contributed by atoms with E-state index in [-0.39, 0.29) is 5.91 Å². The smallest absolute Gasteiger partial charge is 0.281 e. The maximum Gasteiger partial charge on any atom is 0.281 e. The summed E-state index contributed by atoms with van der Waals surface area (Å²) in [6, 6.07) is 21.6. The van der Waals surface area contributed by atoms with Crippen LogP contribution in [0.5, 0.6) is 5.75 Å². The van der Waals surface area contributed by atoms with Crippen molar-refractivity contribution in [2.45, 2.75) is 26.8 Å². The van der Waals surface area contributed by atoms with E-state index >= 15 is 0 Å². The van der Waals surface area contributed by atoms with E-state index in [4.69, 9.17) is 28.6 Å². The van der Waals surface area contributed by atoms with E-state index in [1.54, 1.807) is 9.80 Å². The van der Waals surface area contributed by atoms with Crippen LogP contribution in [0.25, 0.3) is 17.0 Å². The summed E-state index contributed by atoms with van der Waals surface area (Å²) in [7, 11) is 1.83. The molecule has 0 bridgehead atoms. The lowest BCUT2D eigenvalue weighted by Crippen LogP contribution is -2.31. The summed E-state index contributed by atoms with van der Waals surface area (Å²) in [5, 5.41) is 2.26. The minimum Gasteiger partial charge on any atom is -0.494 e. The Morgan fingerprint density at radius 3 is 2.41 bits per heavy atom. The largest absolute Gasteiger partial charge is 0.494 e. The zero-order valence-corrected chi connectivity index (χ0v) is 22.6. The van der Waals surface area contributed by atoms with Crippen molar-refractivity contribution < 1.29 is 9.53 Å². The maximum atomic E-state index is 13.6. The van der Waals surface area contributed by atoms with E-state index in [0.717, 1.165) is 39.2 Å². The number of hydrogen-bond donors (Lipinski definition) is 0. The third-order valence-electron chi connectivity index (χ3n) is 6.65. The van der Waals surface area contributed by atoms with Gasteiger partial charge >= 0.3 is 0 Å². The van der Waals surface area contributed by atoms with Crippen molar-refractivity contribution in [2.24, 2.45) is 0 Å². The molecule has 0 unspecified atom stereocenters. The van der Waals surface area contributed by atoms with Crippen molar-refractivity contribution >= 4 is 57.5 Å². The van der Waals surface area contributed by atoms with E-state index < -0.39 is 0 Å². The van der Waals surface area contributed by atoms with Gasteiger partial charge < -0.3 is 14.2 Å². The molecule has 2 heterocycles. The van der Waals surface area contributed by atoms with Gasteiger partial charge in [0, 0.05) is 35.8 Å². The predicted octanol–water partition coefficient (Wildman–Crippen LogP) is 6.91. The van der Waals surface area contributed by atoms with E-state index in [1.165, 1.54) is 5.56 Å². The van der Waals surface area contributed by atoms with Crippen molar-refractivity contribution in [3.8, 4) is 5.75 Å². The van der Waals surface area contributed by atoms with Gasteiger partial charge in [0.2, 0.25) is 0 Å². The van der Waals surface area contributed by atoms with E-state index in [2.05, 4.69) is 35.9 Å². The quantitative estimate of drug-likeness (QED) is 0.192. The molecule has 5 nitrogen and oxygen atoms in total. The van der Waals surface area contributed by atoms with Crippen LogP contribution in [0.2, 0.25) is 5.02 Å². The second-order valence-corrected chi connectivity index (χ2v) is 9.68. The van der Waals surface area contributed by atoms with E-state index in [1.807, 2.05) is 68.6 Å². The predicted molar refractivity (Wildman–Crippen MR) is 155 cm³/mol. The molecule has 1 aliphatic heterocycles. The van der Waals surface area contributed by atoms with Crippen LogP contribution in [-0.2, 0) is 17.8 Å². The number of hydrogen-bond acceptors (Lipinski definition) is 3. The Labute approximate surface area is 227 Å². The van der Waals surface area contributed by atoms with Crippen LogP contribution in [0.3, 0.4) is 0 Å². The molecule has 5 rings (SSSR count). The lowest BCUT2D eigenvalue weighted by molar-refractivity contribution is -0.114. The normalized spacial score (nSPS) is 14.9. The number of thiocarbonyl (C=S) groups is 1. The van der Waals surface area contributed by atoms with Gasteiger partial charge in [0.1, 0.15) is 11.4 Å². The maximum absolute atomic E-state index is 13.6. The van der Waals surface area contributed by atoms with Gasteiger partial charge in [-0.25, -0.2) is 0 Å². The van der Waals surface area contributed by atoms with Gasteiger partial charge in [-0.1, -0.05) is 54.9 Å². The van der Waals surface area contributed by atoms with Gasteiger partial charge in [-0.05, 0) is 73.1 Å². The van der Waals surface area contributed by atoms with Crippen molar-refractivity contribution in [1.29, 1.82) is 0 Å². The molecule has 1 aliphatic rings. The second kappa shape index (κ2) is 10.4. The molecule has 1 amide bonds. The summed E-state index contributed by atoms with van der Waals surface area (Å²) in [5.74, 6) is 0.598. The molecule has 3 aromatic carbocycles. The summed E-state index contributed by atoms with van der Waals surface area (Å²) in [6.07, 6.45) is 4.94. The summed E-state index contributed by atoms with van der Waals surface area (Å²) < 4.78 is 7.77. The van der Waals surface area contributed by atoms with Gasteiger partial charge in [0.25, 0.3) is 5.91 Å². The first-order chi connectivity index (χ1) is 17.9. The molecule has 0 N–H and O–H groups in total. The zero-order valence-electron chi connectivity index (χ0n) is 21.1. The highest BCUT2D eigenvalue weighted by Crippen LogP contribution is 2.33. The number of benzene rings is 3. The number of aromatic nitrogens is 1. The number of ether oxygens (including phenoxy) is 1. The minimum absolute atomic E-state index is 0.157. The van der Waals surface area contributed by atoms with Crippen LogP contribution in [0.15, 0.2) is 78.6 Å². The number of nitrogens with zero attached hydrogens (tertiary/aromatic N) is 3. The zero-order chi connectivity index (χ0) is 26.1. The number of anilines is 1. The molecule has 7 heteroatoms. The fourth-order valence-electron chi connectivity index (χ4n) is 4.79. The van der Waals surface area contributed by atoms with Crippen molar-refractivity contribution in [1.82, 2.24) is 9.47 Å². The Hall–Kier alpha value is -3.61. The fourth-order valence-corrected chi connectivity index (χ4v) is 5.27. The van der Waals surface area contributed by atoms with Gasteiger partial charge in [-0.2, -0.15) is 0 Å². The Morgan fingerprint density at radius 2 is 1.70 bits per heavy atom. The summed E-state index contributed by atoms with van der Waals surface area (Å²) in [5.41, 5.74) is 5.63. The number of carbonyl (C=O) groups is 1. The van der Waals surface area contributed by atoms with Crippen LogP contribution in [0.4, 0.5) is 5.69 Å². The number of rotatable bonds is 7. The first-order valence-electron chi connectivity index (χ1n) is 12.3. The van der Waals surface area contributed by atoms with Gasteiger partial charge in [-0.15, -0.1) is 0 Å². The van der Waals surface area contributed by atoms with Crippen LogP contribution in [0.1, 0.15) is 30.5 Å². The number of aryl methyl sites for hydroxylation is 1. The van der Waals surface area contributed by atoms with Gasteiger partial charge in [0.15, 0.2) is 5.11 Å². The third kappa shape index (κ3) is 4.63. The highest BCUT2D eigenvalue weighted by atomic mass is 35.5. The standard InChI is InChI=1S/C30H28ClN3O2S/c1-4-20-10-8-11-25-22(19-33(28(20)25)18-21-9-6-7-12-26(21)31)17-27-29(35)34(30(37)32(27)3)23-13-15-24(16-14-23)36-5-2/h6-17,19H,4-5,18H2,1-3H3/b27-17-. The van der Waals surface area contributed by atoms with Crippen molar-refractivity contribution in [3.63, 3.8) is 0 Å². The SMILES string of the molecule is CCOc1ccc(N2C(=O)/C(=C/c3cn(Cc4ccccc4Cl)c4c(CC)cccc34)N(C)C2=S)cc1. The number of halogens is 1. The molecule has 0 radical (unpaired) electrons. The molecule has 1 fully saturated rings. The van der Waals surface area contributed by atoms with E-state index in [9.17, 15) is 4.79 Å². The van der Waals surface area contributed by atoms with Crippen LogP contribution in [-0.4, -0.2) is 34.1 Å². The molecule has 0 spiro atoms. The number of para-hydroxylation sites is 1. The average molecular weight is 530 g/mol. The Bertz CT molecular complexity index is 1520. The summed E-state index contributed by atoms with van der Waals surface area (Å²) in [4.78, 5) is 17.0. The lowest BCUT2D eigenvalue weighted by atomic mass is 10.1. The first-order valence-corrected chi connectivity index (χ1v) is 13.1. The molecule has 37 heavy (non-hydrogen) atoms. The first kappa shape index (κ1) is 25.1. The third-order valence-corrected chi connectivity index (χ3v) is 7.48. The molecule has 0 atom stereocenters. The molecule has 4 aromatic rings. The number of likely N-dealkylation sites (N-methyl/N-ethyl adjacent to an activating group) is 1. The highest BCUT2D eigenvalue weighted by Gasteiger charge is 2.37. The summed E-state index contributed by atoms with van der Waals surface area (Å²) in [6.45, 7) is 5.31. The Balaban J connectivity index is 1.57. The molecule has 188 valence electrons. The molecular weight excluding hydrogens is 502 g/mol. The minimum atomic E-state index is -0.157. The lowest BCUT2D eigenvalue weighted by Gasteiger charge is -2.16. The fraction of sp³-hybridized carbons (Fsp3) is 0.200. The van der Waals surface area contributed by atoms with Gasteiger partial charge in [0.05, 0.1) is 17.8 Å². The number of carbonyl (C=O) groups excluding carboxylic acids is 1. The second-order valence-electron chi connectivity index (χ2n) is 8.91. The molecular formula is C30H28ClN3O2S. The molecule has 1 saturated heterocycles. The van der Waals surface area contributed by atoms with E-state index in [0.29, 0.717) is 29.6 Å². The Kier molecular flexibility index (Phi) is 7.04. The number of amides is 1. The van der Waals surface area contributed by atoms with Crippen LogP contribution >= 0.6 is 23.8 Å². The topological polar surface area (TPSA) is 37.7 Å².